The molecule has 1 aromatic heterocycles. The van der Waals surface area contributed by atoms with Crippen molar-refractivity contribution in [3.63, 3.8) is 0 Å². The van der Waals surface area contributed by atoms with E-state index in [1.165, 1.54) is 6.92 Å². The molecule has 5 heteroatoms. The molecule has 5 nitrogen and oxygen atoms in total. The lowest BCUT2D eigenvalue weighted by Crippen LogP contribution is -2.32. The average molecular weight is 343 g/mol. The van der Waals surface area contributed by atoms with Crippen molar-refractivity contribution in [3.05, 3.63) is 89.6 Å². The van der Waals surface area contributed by atoms with Crippen LogP contribution in [0.25, 0.3) is 0 Å². The Labute approximate surface area is 151 Å². The number of amides is 1. The van der Waals surface area contributed by atoms with Gasteiger partial charge in [-0.3, -0.25) is 14.5 Å². The second-order valence-corrected chi connectivity index (χ2v) is 6.13. The summed E-state index contributed by atoms with van der Waals surface area (Å²) in [5.74, 6) is 0.525. The average Bonchev–Trinajstić information content (AvgIpc) is 2.95. The maximum Gasteiger partial charge on any atom is 0.261 e. The van der Waals surface area contributed by atoms with E-state index in [2.05, 4.69) is 10.3 Å². The van der Waals surface area contributed by atoms with Crippen LogP contribution in [-0.4, -0.2) is 16.7 Å². The summed E-state index contributed by atoms with van der Waals surface area (Å²) in [6.45, 7) is 1.54. The summed E-state index contributed by atoms with van der Waals surface area (Å²) in [6.07, 6.45) is 1.31. The smallest absolute Gasteiger partial charge is 0.261 e. The zero-order valence-electron chi connectivity index (χ0n) is 14.2. The number of ketones is 1. The molecule has 1 N–H and O–H groups in total. The van der Waals surface area contributed by atoms with Crippen LogP contribution < -0.4 is 10.2 Å². The number of carbonyl (C=O) groups is 2. The summed E-state index contributed by atoms with van der Waals surface area (Å²) in [4.78, 5) is 30.4. The summed E-state index contributed by atoms with van der Waals surface area (Å²) in [5.41, 5.74) is 3.04. The number of benzene rings is 2. The predicted molar refractivity (Wildman–Crippen MR) is 100 cm³/mol. The van der Waals surface area contributed by atoms with Crippen LogP contribution in [0.5, 0.6) is 0 Å². The van der Waals surface area contributed by atoms with Gasteiger partial charge in [-0.2, -0.15) is 0 Å². The number of hydrogen-bond acceptors (Lipinski definition) is 4. The molecular formula is C21H17N3O2. The van der Waals surface area contributed by atoms with Gasteiger partial charge in [0.15, 0.2) is 5.78 Å². The van der Waals surface area contributed by atoms with Crippen molar-refractivity contribution in [1.82, 2.24) is 4.98 Å². The number of fused-ring (bicyclic) bond motifs is 1. The van der Waals surface area contributed by atoms with Gasteiger partial charge < -0.3 is 5.32 Å². The number of nitrogens with zero attached hydrogens (tertiary/aromatic N) is 2. The topological polar surface area (TPSA) is 62.3 Å². The number of Topliss-reactive ketones (excluding diaryl/α,β-unsaturated/α-hetero) is 1. The van der Waals surface area contributed by atoms with Gasteiger partial charge in [-0.25, -0.2) is 4.98 Å². The highest BCUT2D eigenvalue weighted by atomic mass is 16.2. The van der Waals surface area contributed by atoms with Crippen LogP contribution in [0, 0.1) is 0 Å². The van der Waals surface area contributed by atoms with Crippen molar-refractivity contribution in [1.29, 1.82) is 0 Å². The van der Waals surface area contributed by atoms with Crippen molar-refractivity contribution in [2.45, 2.75) is 13.1 Å². The molecule has 0 bridgehead atoms. The first-order valence-electron chi connectivity index (χ1n) is 8.36. The van der Waals surface area contributed by atoms with Gasteiger partial charge in [0, 0.05) is 28.6 Å². The molecule has 1 aliphatic rings. The number of carbonyl (C=O) groups excluding carboxylic acids is 2. The van der Waals surface area contributed by atoms with E-state index >= 15 is 0 Å². The predicted octanol–water partition coefficient (Wildman–Crippen LogP) is 4.06. The molecule has 3 aromatic rings. The molecule has 0 fully saturated rings. The fourth-order valence-corrected chi connectivity index (χ4v) is 3.15. The number of aromatic nitrogens is 1. The molecule has 0 radical (unpaired) electrons. The largest absolute Gasteiger partial charge is 0.361 e. The molecular weight excluding hydrogens is 326 g/mol. The summed E-state index contributed by atoms with van der Waals surface area (Å²) in [7, 11) is 0. The summed E-state index contributed by atoms with van der Waals surface area (Å²) < 4.78 is 0. The monoisotopic (exact) mass is 343 g/mol. The minimum atomic E-state index is -0.364. The van der Waals surface area contributed by atoms with Gasteiger partial charge in [0.2, 0.25) is 0 Å². The van der Waals surface area contributed by atoms with Crippen molar-refractivity contribution < 1.29 is 9.59 Å². The van der Waals surface area contributed by atoms with Gasteiger partial charge in [-0.15, -0.1) is 0 Å². The van der Waals surface area contributed by atoms with Crippen LogP contribution in [0.2, 0.25) is 0 Å². The molecule has 26 heavy (non-hydrogen) atoms. The van der Waals surface area contributed by atoms with Gasteiger partial charge in [-0.1, -0.05) is 24.3 Å². The lowest BCUT2D eigenvalue weighted by molar-refractivity contribution is 0.0989. The van der Waals surface area contributed by atoms with Crippen molar-refractivity contribution >= 4 is 23.2 Å². The van der Waals surface area contributed by atoms with Gasteiger partial charge in [0.25, 0.3) is 5.91 Å². The summed E-state index contributed by atoms with van der Waals surface area (Å²) in [5, 5.41) is 3.40. The second kappa shape index (κ2) is 6.44. The first kappa shape index (κ1) is 16.0. The third kappa shape index (κ3) is 2.73. The quantitative estimate of drug-likeness (QED) is 0.726. The van der Waals surface area contributed by atoms with E-state index in [1.807, 2.05) is 54.6 Å². The molecule has 2 aromatic carbocycles. The third-order valence-electron chi connectivity index (χ3n) is 4.45. The Hall–Kier alpha value is -3.47. The second-order valence-electron chi connectivity index (χ2n) is 6.13. The maximum absolute atomic E-state index is 12.9. The van der Waals surface area contributed by atoms with Crippen LogP contribution in [0.4, 0.5) is 11.5 Å². The molecule has 1 amide bonds. The molecule has 0 saturated heterocycles. The zero-order chi connectivity index (χ0) is 18.1. The Morgan fingerprint density at radius 3 is 2.42 bits per heavy atom. The highest BCUT2D eigenvalue weighted by Gasteiger charge is 2.38. The van der Waals surface area contributed by atoms with E-state index in [1.54, 1.807) is 23.2 Å². The molecule has 2 heterocycles. The minimum absolute atomic E-state index is 0.0213. The van der Waals surface area contributed by atoms with E-state index in [4.69, 9.17) is 0 Å². The van der Waals surface area contributed by atoms with Crippen LogP contribution in [0.15, 0.2) is 72.9 Å². The Balaban J connectivity index is 1.73. The van der Waals surface area contributed by atoms with Crippen molar-refractivity contribution in [3.8, 4) is 0 Å². The molecule has 128 valence electrons. The Morgan fingerprint density at radius 1 is 1.00 bits per heavy atom. The number of hydrogen-bond donors (Lipinski definition) is 1. The van der Waals surface area contributed by atoms with Crippen molar-refractivity contribution in [2.24, 2.45) is 0 Å². The van der Waals surface area contributed by atoms with Crippen LogP contribution in [-0.2, 0) is 0 Å². The highest BCUT2D eigenvalue weighted by molar-refractivity contribution is 6.11. The van der Waals surface area contributed by atoms with Gasteiger partial charge in [0.1, 0.15) is 12.0 Å². The minimum Gasteiger partial charge on any atom is -0.361 e. The normalized spacial score (nSPS) is 15.7. The van der Waals surface area contributed by atoms with Crippen molar-refractivity contribution in [2.75, 3.05) is 10.2 Å². The molecule has 0 spiro atoms. The molecule has 1 aliphatic heterocycles. The number of anilines is 2. The van der Waals surface area contributed by atoms with Gasteiger partial charge in [0.05, 0.1) is 0 Å². The highest BCUT2D eigenvalue weighted by Crippen LogP contribution is 2.37. The Kier molecular flexibility index (Phi) is 3.97. The number of nitrogens with one attached hydrogen (secondary N) is 1. The van der Waals surface area contributed by atoms with E-state index in [-0.39, 0.29) is 17.9 Å². The standard InChI is InChI=1S/C21H17N3O2/c1-14(25)15-9-11-16(12-10-15)23-20-17-6-2-3-7-18(17)21(26)24(20)19-8-4-5-13-22-19/h2-13,20,23H,1H3/t20-/m0/s1. The van der Waals surface area contributed by atoms with Crippen LogP contribution in [0.1, 0.15) is 39.4 Å². The van der Waals surface area contributed by atoms with E-state index in [0.717, 1.165) is 11.3 Å². The molecule has 1 atom stereocenters. The number of rotatable bonds is 4. The first-order valence-corrected chi connectivity index (χ1v) is 8.36. The van der Waals surface area contributed by atoms with E-state index < -0.39 is 0 Å². The zero-order valence-corrected chi connectivity index (χ0v) is 14.2. The van der Waals surface area contributed by atoms with Gasteiger partial charge in [-0.05, 0) is 49.4 Å². The number of pyridine rings is 1. The Bertz CT molecular complexity index is 968. The lowest BCUT2D eigenvalue weighted by atomic mass is 10.1. The molecule has 0 saturated carbocycles. The fraction of sp³-hybridized carbons (Fsp3) is 0.0952. The molecule has 4 rings (SSSR count). The first-order chi connectivity index (χ1) is 12.6. The fourth-order valence-electron chi connectivity index (χ4n) is 3.15. The lowest BCUT2D eigenvalue weighted by Gasteiger charge is -2.26. The van der Waals surface area contributed by atoms with Crippen LogP contribution >= 0.6 is 0 Å². The molecule has 0 unspecified atom stereocenters. The summed E-state index contributed by atoms with van der Waals surface area (Å²) >= 11 is 0. The Morgan fingerprint density at radius 2 is 1.73 bits per heavy atom. The van der Waals surface area contributed by atoms with E-state index in [9.17, 15) is 9.59 Å². The molecule has 0 aliphatic carbocycles. The SMILES string of the molecule is CC(=O)c1ccc(N[C@@H]2c3ccccc3C(=O)N2c2ccccn2)cc1. The maximum atomic E-state index is 12.9. The van der Waals surface area contributed by atoms with Gasteiger partial charge >= 0.3 is 0 Å². The van der Waals surface area contributed by atoms with Crippen LogP contribution in [0.3, 0.4) is 0 Å². The van der Waals surface area contributed by atoms with E-state index in [0.29, 0.717) is 16.9 Å². The third-order valence-corrected chi connectivity index (χ3v) is 4.45. The summed E-state index contributed by atoms with van der Waals surface area (Å²) in [6, 6.07) is 20.3.